The van der Waals surface area contributed by atoms with E-state index in [9.17, 15) is 83.1 Å². The molecule has 0 aromatic carbocycles. The van der Waals surface area contributed by atoms with E-state index < -0.39 is 57.1 Å². The first-order valence-electron chi connectivity index (χ1n) is 8.74. The lowest BCUT2D eigenvalue weighted by molar-refractivity contribution is -0.458. The molecule has 1 heterocycles. The van der Waals surface area contributed by atoms with Gasteiger partial charge in [0, 0.05) is 26.0 Å². The van der Waals surface area contributed by atoms with Gasteiger partial charge in [0.2, 0.25) is 0 Å². The first-order valence-corrected chi connectivity index (χ1v) is 10.2. The van der Waals surface area contributed by atoms with E-state index in [1.807, 2.05) is 6.08 Å². The molecule has 0 fully saturated rings. The zero-order valence-corrected chi connectivity index (χ0v) is 18.7. The van der Waals surface area contributed by atoms with Crippen LogP contribution in [0.15, 0.2) is 25.1 Å². The lowest BCUT2D eigenvalue weighted by Crippen LogP contribution is -2.74. The van der Waals surface area contributed by atoms with Gasteiger partial charge in [-0.1, -0.05) is 6.08 Å². The molecule has 38 heavy (non-hydrogen) atoms. The summed E-state index contributed by atoms with van der Waals surface area (Å²) in [6.45, 7) is 5.59. The molecule has 0 aromatic heterocycles. The van der Waals surface area contributed by atoms with Crippen LogP contribution in [0.3, 0.4) is 0 Å². The van der Waals surface area contributed by atoms with Gasteiger partial charge in [0.1, 0.15) is 0 Å². The van der Waals surface area contributed by atoms with Crippen molar-refractivity contribution < 1.29 is 87.6 Å². The smallest absolute Gasteiger partial charge is 0.362 e. The molecule has 1 aliphatic heterocycles. The Morgan fingerprint density at radius 3 is 1.32 bits per heavy atom. The number of hydrogen-bond donors (Lipinski definition) is 1. The molecule has 0 bridgehead atoms. The molecule has 0 radical (unpaired) electrons. The Labute approximate surface area is 200 Å². The maximum Gasteiger partial charge on any atom is 0.460 e. The van der Waals surface area contributed by atoms with Crippen molar-refractivity contribution in [3.63, 3.8) is 0 Å². The van der Waals surface area contributed by atoms with E-state index in [0.717, 1.165) is 13.2 Å². The summed E-state index contributed by atoms with van der Waals surface area (Å²) >= 11 is 0. The Morgan fingerprint density at radius 1 is 0.711 bits per heavy atom. The van der Waals surface area contributed by atoms with E-state index in [1.165, 1.54) is 0 Å². The Morgan fingerprint density at radius 2 is 1.05 bits per heavy atom. The summed E-state index contributed by atoms with van der Waals surface area (Å²) in [5.74, 6) is -52.0. The zero-order chi connectivity index (χ0) is 31.2. The van der Waals surface area contributed by atoms with Crippen LogP contribution in [0.2, 0.25) is 0 Å². The van der Waals surface area contributed by atoms with Gasteiger partial charge in [-0.15, -0.1) is 6.58 Å². The highest BCUT2D eigenvalue weighted by Crippen LogP contribution is 2.64. The summed E-state index contributed by atoms with van der Waals surface area (Å²) in [4.78, 5) is 4.32. The second-order valence-electron chi connectivity index (χ2n) is 7.19. The quantitative estimate of drug-likeness (QED) is 0.203. The number of hydrogen-bond acceptors (Lipinski definition) is 4. The highest BCUT2D eigenvalue weighted by atomic mass is 32.2. The molecule has 23 heteroatoms. The zero-order valence-electron chi connectivity index (χ0n) is 17.8. The van der Waals surface area contributed by atoms with Crippen LogP contribution in [0, 0.1) is 0 Å². The maximum atomic E-state index is 13.0. The summed E-state index contributed by atoms with van der Waals surface area (Å²) in [6.07, 6.45) is -1.85. The van der Waals surface area contributed by atoms with E-state index >= 15 is 0 Å². The van der Waals surface area contributed by atoms with Crippen molar-refractivity contribution in [3.8, 4) is 0 Å². The van der Waals surface area contributed by atoms with E-state index in [2.05, 4.69) is 35.8 Å². The number of nitrogens with zero attached hydrogens (tertiary/aromatic N) is 2. The third-order valence-electron chi connectivity index (χ3n) is 4.32. The van der Waals surface area contributed by atoms with Crippen molar-refractivity contribution in [1.82, 2.24) is 9.80 Å². The molecule has 1 rings (SSSR count). The molecule has 1 aliphatic rings. The summed E-state index contributed by atoms with van der Waals surface area (Å²) in [6, 6.07) is 0. The summed E-state index contributed by atoms with van der Waals surface area (Å²) in [5, 5.41) is -7.84. The van der Waals surface area contributed by atoms with Gasteiger partial charge in [0.05, 0.1) is 6.67 Å². The average molecular weight is 624 g/mol. The van der Waals surface area contributed by atoms with E-state index in [-0.39, 0.29) is 0 Å². The summed E-state index contributed by atoms with van der Waals surface area (Å²) < 4.78 is 242. The lowest BCUT2D eigenvalue weighted by atomic mass is 9.91. The number of rotatable bonds is 9. The highest BCUT2D eigenvalue weighted by Gasteiger charge is 2.96. The number of alkyl halides is 17. The molecule has 0 saturated carbocycles. The van der Waals surface area contributed by atoms with Crippen LogP contribution in [-0.2, 0) is 10.1 Å². The summed E-state index contributed by atoms with van der Waals surface area (Å²) in [5.41, 5.74) is 0. The molecule has 226 valence electrons. The van der Waals surface area contributed by atoms with Crippen LogP contribution in [0.25, 0.3) is 0 Å². The van der Waals surface area contributed by atoms with Gasteiger partial charge in [-0.3, -0.25) is 4.55 Å². The molecule has 1 N–H and O–H groups in total. The molecular formula is C15H13F17N2O3S. The molecule has 0 aromatic rings. The van der Waals surface area contributed by atoms with E-state index in [0.29, 0.717) is 0 Å². The Hall–Kier alpha value is -2.20. The highest BCUT2D eigenvalue weighted by molar-refractivity contribution is 7.87. The van der Waals surface area contributed by atoms with Crippen LogP contribution in [0.5, 0.6) is 0 Å². The van der Waals surface area contributed by atoms with Crippen molar-refractivity contribution in [2.75, 3.05) is 20.3 Å². The van der Waals surface area contributed by atoms with Crippen molar-refractivity contribution in [2.24, 2.45) is 0 Å². The third-order valence-corrected chi connectivity index (χ3v) is 5.22. The molecule has 0 aliphatic carbocycles. The molecule has 5 nitrogen and oxygen atoms in total. The van der Waals surface area contributed by atoms with Crippen LogP contribution in [0.1, 0.15) is 0 Å². The second kappa shape index (κ2) is 10.1. The van der Waals surface area contributed by atoms with Gasteiger partial charge in [-0.2, -0.15) is 83.1 Å². The molecule has 0 saturated heterocycles. The normalized spacial score (nSPS) is 16.9. The minimum atomic E-state index is -8.89. The van der Waals surface area contributed by atoms with Gasteiger partial charge in [0.15, 0.2) is 0 Å². The van der Waals surface area contributed by atoms with Crippen molar-refractivity contribution in [2.45, 2.75) is 47.0 Å². The summed E-state index contributed by atoms with van der Waals surface area (Å²) in [7, 11) is -5.84. The van der Waals surface area contributed by atoms with Gasteiger partial charge in [0.25, 0.3) is 0 Å². The minimum Gasteiger partial charge on any atom is -0.362 e. The van der Waals surface area contributed by atoms with Crippen LogP contribution < -0.4 is 0 Å². The first kappa shape index (κ1) is 35.8. The largest absolute Gasteiger partial charge is 0.460 e. The molecule has 0 atom stereocenters. The first-order chi connectivity index (χ1) is 16.3. The van der Waals surface area contributed by atoms with Crippen LogP contribution in [-0.4, -0.2) is 90.0 Å². The fourth-order valence-corrected chi connectivity index (χ4v) is 2.64. The SMILES string of the molecule is C=CCN1C=CN(C)C1.O=S(=O)(O)C(F)(F)C(F)(F)C(F)(F)C(F)(F)C(F)(F)C(F)(F)C(F)(F)C(F)(F)F. The van der Waals surface area contributed by atoms with Crippen molar-refractivity contribution in [3.05, 3.63) is 25.1 Å². The van der Waals surface area contributed by atoms with Crippen molar-refractivity contribution >= 4 is 10.1 Å². The molecule has 0 amide bonds. The van der Waals surface area contributed by atoms with Crippen LogP contribution in [0.4, 0.5) is 74.6 Å². The fraction of sp³-hybridized carbons (Fsp3) is 0.733. The monoisotopic (exact) mass is 624 g/mol. The Balaban J connectivity index is 0.00000127. The topological polar surface area (TPSA) is 60.9 Å². The third kappa shape index (κ3) is 5.43. The molecular weight excluding hydrogens is 611 g/mol. The average Bonchev–Trinajstić information content (AvgIpc) is 3.10. The van der Waals surface area contributed by atoms with Gasteiger partial charge < -0.3 is 9.80 Å². The van der Waals surface area contributed by atoms with Crippen LogP contribution >= 0.6 is 0 Å². The Kier molecular flexibility index (Phi) is 9.50. The van der Waals surface area contributed by atoms with Gasteiger partial charge in [-0.25, -0.2) is 0 Å². The maximum absolute atomic E-state index is 13.0. The van der Waals surface area contributed by atoms with E-state index in [4.69, 9.17) is 4.55 Å². The van der Waals surface area contributed by atoms with Gasteiger partial charge >= 0.3 is 57.1 Å². The lowest BCUT2D eigenvalue weighted by Gasteiger charge is -2.42. The molecule has 0 spiro atoms. The standard InChI is InChI=1S/C8HF17O3S.C7H12N2/c9-1(10,3(13,14)5(17,18)7(21,22)23)2(11,12)4(15,16)6(19,20)8(24,25)29(26,27)28;1-3-4-9-6-5-8(2)7-9/h(H,26,27,28);3,5-6H,1,4,7H2,2H3. The van der Waals surface area contributed by atoms with Gasteiger partial charge in [-0.05, 0) is 0 Å². The fourth-order valence-electron chi connectivity index (χ4n) is 2.18. The van der Waals surface area contributed by atoms with Crippen molar-refractivity contribution in [1.29, 1.82) is 0 Å². The minimum absolute atomic E-state index is 0.945. The predicted molar refractivity (Wildman–Crippen MR) is 90.9 cm³/mol. The number of halogens is 17. The second-order valence-corrected chi connectivity index (χ2v) is 8.66. The van der Waals surface area contributed by atoms with E-state index in [1.54, 1.807) is 0 Å². The predicted octanol–water partition coefficient (Wildman–Crippen LogP) is 5.69. The Bertz CT molecular complexity index is 991. The molecule has 0 unspecified atom stereocenters.